The number of carbonyl (C=O) groups is 1. The van der Waals surface area contributed by atoms with Gasteiger partial charge in [-0.25, -0.2) is 4.98 Å². The first-order chi connectivity index (χ1) is 10.1. The largest absolute Gasteiger partial charge is 0.320 e. The zero-order chi connectivity index (χ0) is 14.8. The van der Waals surface area contributed by atoms with Gasteiger partial charge in [0.15, 0.2) is 0 Å². The average Bonchev–Trinajstić information content (AvgIpc) is 3.12. The topological polar surface area (TPSA) is 42.0 Å². The van der Waals surface area contributed by atoms with Crippen LogP contribution >= 0.6 is 22.7 Å². The van der Waals surface area contributed by atoms with Crippen molar-refractivity contribution in [2.75, 3.05) is 5.32 Å². The number of aromatic nitrogens is 1. The van der Waals surface area contributed by atoms with E-state index in [1.807, 2.05) is 49.6 Å². The number of thiophene rings is 1. The van der Waals surface area contributed by atoms with Crippen molar-refractivity contribution in [1.82, 2.24) is 4.98 Å². The lowest BCUT2D eigenvalue weighted by Gasteiger charge is -2.07. The molecule has 0 saturated carbocycles. The van der Waals surface area contributed by atoms with E-state index in [1.165, 1.54) is 11.3 Å². The van der Waals surface area contributed by atoms with E-state index in [0.29, 0.717) is 5.69 Å². The molecular formula is C16H14N2OS2. The minimum atomic E-state index is -0.164. The fourth-order valence-electron chi connectivity index (χ4n) is 1.95. The Labute approximate surface area is 131 Å². The van der Waals surface area contributed by atoms with E-state index in [9.17, 15) is 4.79 Å². The number of carbonyl (C=O) groups excluding carboxylic acids is 1. The standard InChI is InChI=1S/C16H14N2OS2/c1-10-5-6-11(2)12(8-10)17-15(19)13-9-21-16(18-13)14-4-3-7-20-14/h3-9H,1-2H3,(H,17,19). The van der Waals surface area contributed by atoms with Crippen molar-refractivity contribution in [3.63, 3.8) is 0 Å². The molecule has 2 aromatic heterocycles. The van der Waals surface area contributed by atoms with Gasteiger partial charge in [-0.3, -0.25) is 4.79 Å². The van der Waals surface area contributed by atoms with E-state index in [1.54, 1.807) is 16.7 Å². The molecule has 21 heavy (non-hydrogen) atoms. The summed E-state index contributed by atoms with van der Waals surface area (Å²) in [6.45, 7) is 3.99. The van der Waals surface area contributed by atoms with Gasteiger partial charge in [-0.1, -0.05) is 18.2 Å². The van der Waals surface area contributed by atoms with Gasteiger partial charge in [-0.15, -0.1) is 22.7 Å². The van der Waals surface area contributed by atoms with Crippen molar-refractivity contribution < 1.29 is 4.79 Å². The number of rotatable bonds is 3. The summed E-state index contributed by atoms with van der Waals surface area (Å²) in [5.74, 6) is -0.164. The molecule has 0 unspecified atom stereocenters. The number of nitrogens with one attached hydrogen (secondary N) is 1. The minimum absolute atomic E-state index is 0.164. The molecule has 0 aliphatic rings. The lowest BCUT2D eigenvalue weighted by Crippen LogP contribution is -2.13. The monoisotopic (exact) mass is 314 g/mol. The van der Waals surface area contributed by atoms with Gasteiger partial charge in [0.05, 0.1) is 4.88 Å². The Kier molecular flexibility index (Phi) is 3.86. The predicted molar refractivity (Wildman–Crippen MR) is 89.3 cm³/mol. The average molecular weight is 314 g/mol. The molecule has 1 aromatic carbocycles. The molecular weight excluding hydrogens is 300 g/mol. The van der Waals surface area contributed by atoms with E-state index in [0.717, 1.165) is 26.7 Å². The van der Waals surface area contributed by atoms with Gasteiger partial charge in [0.25, 0.3) is 5.91 Å². The normalized spacial score (nSPS) is 10.6. The number of hydrogen-bond acceptors (Lipinski definition) is 4. The van der Waals surface area contributed by atoms with Crippen LogP contribution in [-0.2, 0) is 0 Å². The Morgan fingerprint density at radius 1 is 1.19 bits per heavy atom. The first-order valence-electron chi connectivity index (χ1n) is 6.51. The maximum Gasteiger partial charge on any atom is 0.275 e. The summed E-state index contributed by atoms with van der Waals surface area (Å²) < 4.78 is 0. The molecule has 3 aromatic rings. The maximum atomic E-state index is 12.3. The minimum Gasteiger partial charge on any atom is -0.320 e. The fraction of sp³-hybridized carbons (Fsp3) is 0.125. The van der Waals surface area contributed by atoms with Crippen molar-refractivity contribution in [2.24, 2.45) is 0 Å². The van der Waals surface area contributed by atoms with Crippen molar-refractivity contribution in [2.45, 2.75) is 13.8 Å². The summed E-state index contributed by atoms with van der Waals surface area (Å²) in [5.41, 5.74) is 3.46. The Balaban J connectivity index is 1.81. The Morgan fingerprint density at radius 2 is 2.05 bits per heavy atom. The second kappa shape index (κ2) is 5.79. The summed E-state index contributed by atoms with van der Waals surface area (Å²) in [4.78, 5) is 17.8. The number of nitrogens with zero attached hydrogens (tertiary/aromatic N) is 1. The second-order valence-corrected chi connectivity index (χ2v) is 6.59. The van der Waals surface area contributed by atoms with Crippen LogP contribution in [0.4, 0.5) is 5.69 Å². The highest BCUT2D eigenvalue weighted by molar-refractivity contribution is 7.20. The third-order valence-corrected chi connectivity index (χ3v) is 4.99. The highest BCUT2D eigenvalue weighted by atomic mass is 32.1. The van der Waals surface area contributed by atoms with Crippen LogP contribution in [0, 0.1) is 13.8 Å². The molecule has 2 heterocycles. The van der Waals surface area contributed by atoms with Crippen molar-refractivity contribution >= 4 is 34.3 Å². The molecule has 0 saturated heterocycles. The van der Waals surface area contributed by atoms with Gasteiger partial charge < -0.3 is 5.32 Å². The molecule has 1 amide bonds. The van der Waals surface area contributed by atoms with E-state index in [4.69, 9.17) is 0 Å². The van der Waals surface area contributed by atoms with Crippen molar-refractivity contribution in [3.8, 4) is 9.88 Å². The van der Waals surface area contributed by atoms with Crippen LogP contribution in [0.5, 0.6) is 0 Å². The number of thiazole rings is 1. The van der Waals surface area contributed by atoms with E-state index in [-0.39, 0.29) is 5.91 Å². The van der Waals surface area contributed by atoms with Crippen LogP contribution in [0.3, 0.4) is 0 Å². The molecule has 5 heteroatoms. The fourth-order valence-corrected chi connectivity index (χ4v) is 3.56. The predicted octanol–water partition coefficient (Wildman–Crippen LogP) is 4.74. The van der Waals surface area contributed by atoms with E-state index in [2.05, 4.69) is 10.3 Å². The van der Waals surface area contributed by atoms with Crippen LogP contribution in [0.2, 0.25) is 0 Å². The molecule has 3 nitrogen and oxygen atoms in total. The van der Waals surface area contributed by atoms with Gasteiger partial charge in [0.2, 0.25) is 0 Å². The molecule has 0 atom stereocenters. The lowest BCUT2D eigenvalue weighted by atomic mass is 10.1. The van der Waals surface area contributed by atoms with Crippen LogP contribution in [0.15, 0.2) is 41.1 Å². The molecule has 0 spiro atoms. The third kappa shape index (κ3) is 3.04. The smallest absolute Gasteiger partial charge is 0.275 e. The molecule has 106 valence electrons. The zero-order valence-corrected chi connectivity index (χ0v) is 13.3. The molecule has 1 N–H and O–H groups in total. The SMILES string of the molecule is Cc1ccc(C)c(NC(=O)c2csc(-c3cccs3)n2)c1. The zero-order valence-electron chi connectivity index (χ0n) is 11.7. The quantitative estimate of drug-likeness (QED) is 0.758. The van der Waals surface area contributed by atoms with Gasteiger partial charge in [0.1, 0.15) is 10.7 Å². The molecule has 0 bridgehead atoms. The summed E-state index contributed by atoms with van der Waals surface area (Å²) in [6.07, 6.45) is 0. The Hall–Kier alpha value is -1.98. The summed E-state index contributed by atoms with van der Waals surface area (Å²) in [7, 11) is 0. The van der Waals surface area contributed by atoms with Crippen LogP contribution in [-0.4, -0.2) is 10.9 Å². The number of aryl methyl sites for hydroxylation is 2. The third-order valence-electron chi connectivity index (χ3n) is 3.11. The number of benzene rings is 1. The summed E-state index contributed by atoms with van der Waals surface area (Å²) >= 11 is 3.12. The van der Waals surface area contributed by atoms with Gasteiger partial charge in [0, 0.05) is 11.1 Å². The van der Waals surface area contributed by atoms with Gasteiger partial charge >= 0.3 is 0 Å². The van der Waals surface area contributed by atoms with Crippen LogP contribution < -0.4 is 5.32 Å². The number of anilines is 1. The molecule has 0 fully saturated rings. The lowest BCUT2D eigenvalue weighted by molar-refractivity contribution is 0.102. The molecule has 0 aliphatic heterocycles. The van der Waals surface area contributed by atoms with Gasteiger partial charge in [-0.2, -0.15) is 0 Å². The molecule has 3 rings (SSSR count). The summed E-state index contributed by atoms with van der Waals surface area (Å²) in [6, 6.07) is 10.00. The molecule has 0 radical (unpaired) electrons. The highest BCUT2D eigenvalue weighted by Gasteiger charge is 2.13. The highest BCUT2D eigenvalue weighted by Crippen LogP contribution is 2.28. The van der Waals surface area contributed by atoms with Crippen molar-refractivity contribution in [3.05, 3.63) is 57.9 Å². The van der Waals surface area contributed by atoms with Crippen LogP contribution in [0.25, 0.3) is 9.88 Å². The second-order valence-electron chi connectivity index (χ2n) is 4.79. The maximum absolute atomic E-state index is 12.3. The van der Waals surface area contributed by atoms with Gasteiger partial charge in [-0.05, 0) is 42.5 Å². The van der Waals surface area contributed by atoms with Crippen LogP contribution in [0.1, 0.15) is 21.6 Å². The number of hydrogen-bond donors (Lipinski definition) is 1. The van der Waals surface area contributed by atoms with E-state index < -0.39 is 0 Å². The first kappa shape index (κ1) is 14.0. The van der Waals surface area contributed by atoms with E-state index >= 15 is 0 Å². The number of amides is 1. The Morgan fingerprint density at radius 3 is 2.81 bits per heavy atom. The molecule has 0 aliphatic carbocycles. The first-order valence-corrected chi connectivity index (χ1v) is 8.27. The Bertz CT molecular complexity index is 775. The van der Waals surface area contributed by atoms with Crippen molar-refractivity contribution in [1.29, 1.82) is 0 Å². The summed E-state index contributed by atoms with van der Waals surface area (Å²) in [5, 5.41) is 7.63.